The lowest BCUT2D eigenvalue weighted by Crippen LogP contribution is -2.20. The Bertz CT molecular complexity index is 338. The average molecular weight is 221 g/mol. The van der Waals surface area contributed by atoms with Crippen LogP contribution >= 0.6 is 0 Å². The summed E-state index contributed by atoms with van der Waals surface area (Å²) in [5.74, 6) is 2.23. The van der Waals surface area contributed by atoms with Crippen LogP contribution in [0.3, 0.4) is 0 Å². The molecule has 0 aromatic carbocycles. The van der Waals surface area contributed by atoms with Gasteiger partial charge in [0.15, 0.2) is 0 Å². The summed E-state index contributed by atoms with van der Waals surface area (Å²) in [6.07, 6.45) is 8.72. The van der Waals surface area contributed by atoms with Gasteiger partial charge in [0.05, 0.1) is 6.04 Å². The van der Waals surface area contributed by atoms with Crippen LogP contribution in [0.25, 0.3) is 0 Å². The van der Waals surface area contributed by atoms with Gasteiger partial charge in [-0.2, -0.15) is 0 Å². The first-order chi connectivity index (χ1) is 7.93. The lowest BCUT2D eigenvalue weighted by Gasteiger charge is -2.21. The standard InChI is InChI=1S/C12H19N3O/c1-2-7-10(13-8-3-1)12-15-14-11(16-12)9-5-4-6-9/h9-10,13H,1-8H2. The van der Waals surface area contributed by atoms with Crippen LogP contribution in [0.5, 0.6) is 0 Å². The van der Waals surface area contributed by atoms with Crippen molar-refractivity contribution in [3.8, 4) is 0 Å². The van der Waals surface area contributed by atoms with Gasteiger partial charge in [0.2, 0.25) is 11.8 Å². The van der Waals surface area contributed by atoms with Gasteiger partial charge in [-0.1, -0.05) is 19.3 Å². The van der Waals surface area contributed by atoms with Crippen molar-refractivity contribution in [1.82, 2.24) is 15.5 Å². The third kappa shape index (κ3) is 1.98. The summed E-state index contributed by atoms with van der Waals surface area (Å²) in [4.78, 5) is 0. The summed E-state index contributed by atoms with van der Waals surface area (Å²) in [5.41, 5.74) is 0. The van der Waals surface area contributed by atoms with Crippen molar-refractivity contribution in [2.24, 2.45) is 0 Å². The fourth-order valence-corrected chi connectivity index (χ4v) is 2.45. The minimum absolute atomic E-state index is 0.295. The molecule has 2 heterocycles. The quantitative estimate of drug-likeness (QED) is 0.833. The average Bonchev–Trinajstić information content (AvgIpc) is 2.52. The highest BCUT2D eigenvalue weighted by Crippen LogP contribution is 2.36. The maximum Gasteiger partial charge on any atom is 0.233 e. The van der Waals surface area contributed by atoms with Crippen molar-refractivity contribution < 1.29 is 4.42 Å². The first-order valence-corrected chi connectivity index (χ1v) is 6.50. The first kappa shape index (κ1) is 10.3. The molecule has 1 aliphatic carbocycles. The maximum atomic E-state index is 5.80. The zero-order valence-corrected chi connectivity index (χ0v) is 9.61. The van der Waals surface area contributed by atoms with Gasteiger partial charge in [-0.15, -0.1) is 10.2 Å². The van der Waals surface area contributed by atoms with E-state index in [9.17, 15) is 0 Å². The Hall–Kier alpha value is -0.900. The van der Waals surface area contributed by atoms with E-state index in [0.717, 1.165) is 24.7 Å². The summed E-state index contributed by atoms with van der Waals surface area (Å²) in [5, 5.41) is 11.9. The van der Waals surface area contributed by atoms with Crippen molar-refractivity contribution in [2.45, 2.75) is 56.9 Å². The molecule has 1 unspecified atom stereocenters. The van der Waals surface area contributed by atoms with E-state index in [1.807, 2.05) is 0 Å². The number of aromatic nitrogens is 2. The van der Waals surface area contributed by atoms with Gasteiger partial charge in [0, 0.05) is 5.92 Å². The Kier molecular flexibility index (Phi) is 2.91. The molecule has 0 amide bonds. The number of nitrogens with one attached hydrogen (secondary N) is 1. The molecule has 4 nitrogen and oxygen atoms in total. The van der Waals surface area contributed by atoms with E-state index in [1.165, 1.54) is 38.5 Å². The van der Waals surface area contributed by atoms with Crippen LogP contribution in [0.1, 0.15) is 68.7 Å². The second kappa shape index (κ2) is 4.53. The summed E-state index contributed by atoms with van der Waals surface area (Å²) >= 11 is 0. The Morgan fingerprint density at radius 2 is 1.81 bits per heavy atom. The van der Waals surface area contributed by atoms with Crippen molar-refractivity contribution in [3.63, 3.8) is 0 Å². The normalized spacial score (nSPS) is 27.4. The summed E-state index contributed by atoms with van der Waals surface area (Å²) in [6.45, 7) is 1.08. The molecule has 88 valence electrons. The molecule has 4 heteroatoms. The number of rotatable bonds is 2. The zero-order chi connectivity index (χ0) is 10.8. The van der Waals surface area contributed by atoms with E-state index in [4.69, 9.17) is 4.42 Å². The summed E-state index contributed by atoms with van der Waals surface area (Å²) in [6, 6.07) is 0.295. The van der Waals surface area contributed by atoms with Crippen LogP contribution in [-0.4, -0.2) is 16.7 Å². The molecule has 3 rings (SSSR count). The van der Waals surface area contributed by atoms with E-state index in [0.29, 0.717) is 12.0 Å². The highest BCUT2D eigenvalue weighted by atomic mass is 16.4. The van der Waals surface area contributed by atoms with Crippen LogP contribution < -0.4 is 5.32 Å². The Labute approximate surface area is 95.8 Å². The van der Waals surface area contributed by atoms with Crippen LogP contribution in [0.2, 0.25) is 0 Å². The molecule has 1 aromatic heterocycles. The van der Waals surface area contributed by atoms with Gasteiger partial charge in [-0.25, -0.2) is 0 Å². The van der Waals surface area contributed by atoms with Crippen LogP contribution in [-0.2, 0) is 0 Å². The topological polar surface area (TPSA) is 51.0 Å². The molecule has 0 radical (unpaired) electrons. The fourth-order valence-electron chi connectivity index (χ4n) is 2.45. The van der Waals surface area contributed by atoms with E-state index < -0.39 is 0 Å². The maximum absolute atomic E-state index is 5.80. The minimum atomic E-state index is 0.295. The molecule has 0 spiro atoms. The Morgan fingerprint density at radius 1 is 0.938 bits per heavy atom. The third-order valence-electron chi connectivity index (χ3n) is 3.77. The third-order valence-corrected chi connectivity index (χ3v) is 3.77. The number of hydrogen-bond acceptors (Lipinski definition) is 4. The summed E-state index contributed by atoms with van der Waals surface area (Å²) in [7, 11) is 0. The lowest BCUT2D eigenvalue weighted by molar-refractivity contribution is 0.307. The fraction of sp³-hybridized carbons (Fsp3) is 0.833. The van der Waals surface area contributed by atoms with Crippen molar-refractivity contribution >= 4 is 0 Å². The molecule has 0 bridgehead atoms. The molecule has 1 saturated carbocycles. The van der Waals surface area contributed by atoms with Crippen LogP contribution in [0.4, 0.5) is 0 Å². The molecular weight excluding hydrogens is 202 g/mol. The molecule has 2 aliphatic rings. The Morgan fingerprint density at radius 3 is 2.62 bits per heavy atom. The molecule has 1 atom stereocenters. The lowest BCUT2D eigenvalue weighted by atomic mass is 9.85. The van der Waals surface area contributed by atoms with Crippen LogP contribution in [0.15, 0.2) is 4.42 Å². The molecule has 16 heavy (non-hydrogen) atoms. The van der Waals surface area contributed by atoms with Gasteiger partial charge in [-0.05, 0) is 32.2 Å². The summed E-state index contributed by atoms with van der Waals surface area (Å²) < 4.78 is 5.80. The van der Waals surface area contributed by atoms with Crippen LogP contribution in [0, 0.1) is 0 Å². The zero-order valence-electron chi connectivity index (χ0n) is 9.61. The monoisotopic (exact) mass is 221 g/mol. The predicted octanol–water partition coefficient (Wildman–Crippen LogP) is 2.54. The highest BCUT2D eigenvalue weighted by Gasteiger charge is 2.27. The van der Waals surface area contributed by atoms with Gasteiger partial charge >= 0.3 is 0 Å². The van der Waals surface area contributed by atoms with Gasteiger partial charge in [-0.3, -0.25) is 0 Å². The largest absolute Gasteiger partial charge is 0.423 e. The van der Waals surface area contributed by atoms with Crippen molar-refractivity contribution in [1.29, 1.82) is 0 Å². The molecular formula is C12H19N3O. The predicted molar refractivity (Wildman–Crippen MR) is 60.1 cm³/mol. The number of nitrogens with zero attached hydrogens (tertiary/aromatic N) is 2. The van der Waals surface area contributed by atoms with Crippen molar-refractivity contribution in [3.05, 3.63) is 11.8 Å². The second-order valence-electron chi connectivity index (χ2n) is 4.96. The molecule has 1 aromatic rings. The van der Waals surface area contributed by atoms with E-state index in [1.54, 1.807) is 0 Å². The van der Waals surface area contributed by atoms with E-state index in [-0.39, 0.29) is 0 Å². The van der Waals surface area contributed by atoms with Gasteiger partial charge in [0.25, 0.3) is 0 Å². The first-order valence-electron chi connectivity index (χ1n) is 6.50. The Balaban J connectivity index is 1.70. The SMILES string of the molecule is C1CCNC(c2nnc(C3CCC3)o2)CC1. The van der Waals surface area contributed by atoms with Gasteiger partial charge < -0.3 is 9.73 Å². The highest BCUT2D eigenvalue weighted by molar-refractivity contribution is 4.98. The van der Waals surface area contributed by atoms with E-state index in [2.05, 4.69) is 15.5 Å². The van der Waals surface area contributed by atoms with E-state index >= 15 is 0 Å². The van der Waals surface area contributed by atoms with Gasteiger partial charge in [0.1, 0.15) is 0 Å². The molecule has 2 fully saturated rings. The second-order valence-corrected chi connectivity index (χ2v) is 4.96. The number of hydrogen-bond donors (Lipinski definition) is 1. The minimum Gasteiger partial charge on any atom is -0.423 e. The molecule has 1 aliphatic heterocycles. The smallest absolute Gasteiger partial charge is 0.233 e. The molecule has 1 saturated heterocycles. The van der Waals surface area contributed by atoms with Crippen molar-refractivity contribution in [2.75, 3.05) is 6.54 Å². The molecule has 1 N–H and O–H groups in total.